The van der Waals surface area contributed by atoms with Gasteiger partial charge in [-0.3, -0.25) is 19.4 Å². The van der Waals surface area contributed by atoms with Gasteiger partial charge in [-0.1, -0.05) is 19.8 Å². The van der Waals surface area contributed by atoms with Crippen molar-refractivity contribution < 1.29 is 9.59 Å². The first-order valence-electron chi connectivity index (χ1n) is 12.4. The van der Waals surface area contributed by atoms with E-state index >= 15 is 0 Å². The van der Waals surface area contributed by atoms with Crippen LogP contribution in [0.5, 0.6) is 0 Å². The number of piperazine rings is 2. The Morgan fingerprint density at radius 2 is 1.78 bits per heavy atom. The fourth-order valence-electron chi connectivity index (χ4n) is 4.70. The maximum absolute atomic E-state index is 12.8. The highest BCUT2D eigenvalue weighted by Gasteiger charge is 2.30. The summed E-state index contributed by atoms with van der Waals surface area (Å²) in [4.78, 5) is 38.5. The van der Waals surface area contributed by atoms with Gasteiger partial charge in [-0.05, 0) is 31.4 Å². The van der Waals surface area contributed by atoms with Crippen LogP contribution in [0.25, 0.3) is 0 Å². The third-order valence-corrected chi connectivity index (χ3v) is 7.14. The quantitative estimate of drug-likeness (QED) is 0.614. The van der Waals surface area contributed by atoms with Crippen LogP contribution in [0, 0.1) is 0 Å². The monoisotopic (exact) mass is 442 g/mol. The van der Waals surface area contributed by atoms with Crippen molar-refractivity contribution in [1.82, 2.24) is 25.0 Å². The van der Waals surface area contributed by atoms with Gasteiger partial charge in [0.1, 0.15) is 5.82 Å². The fraction of sp³-hybridized carbons (Fsp3) is 0.708. The molecule has 2 amide bonds. The predicted octanol–water partition coefficient (Wildman–Crippen LogP) is 1.43. The highest BCUT2D eigenvalue weighted by molar-refractivity contribution is 5.94. The summed E-state index contributed by atoms with van der Waals surface area (Å²) in [5, 5.41) is 2.93. The molecular formula is C24H38N6O2. The lowest BCUT2D eigenvalue weighted by Gasteiger charge is -2.43. The Bertz CT molecular complexity index is 750. The molecule has 2 saturated heterocycles. The van der Waals surface area contributed by atoms with E-state index in [1.165, 1.54) is 19.3 Å². The highest BCUT2D eigenvalue weighted by Crippen LogP contribution is 2.25. The average Bonchev–Trinajstić information content (AvgIpc) is 2.79. The van der Waals surface area contributed by atoms with Crippen LogP contribution in [0.15, 0.2) is 18.3 Å². The third kappa shape index (κ3) is 5.78. The van der Waals surface area contributed by atoms with E-state index in [4.69, 9.17) is 0 Å². The number of carbonyl (C=O) groups is 2. The number of pyridine rings is 1. The standard InChI is InChI=1S/C24H38N6O2/c1-2-3-9-25-24(32)20-7-8-22(26-18-20)29-12-10-27(11-13-29)19-23(31)30-16-14-28(15-17-30)21-5-4-6-21/h7-8,18,21H,2-6,9-17,19H2,1H3,(H,25,32). The molecule has 1 aliphatic carbocycles. The number of rotatable bonds is 8. The molecule has 4 rings (SSSR count). The van der Waals surface area contributed by atoms with E-state index in [0.29, 0.717) is 18.7 Å². The summed E-state index contributed by atoms with van der Waals surface area (Å²) >= 11 is 0. The molecular weight excluding hydrogens is 404 g/mol. The van der Waals surface area contributed by atoms with E-state index in [1.807, 2.05) is 17.0 Å². The van der Waals surface area contributed by atoms with Crippen LogP contribution < -0.4 is 10.2 Å². The smallest absolute Gasteiger partial charge is 0.252 e. The predicted molar refractivity (Wildman–Crippen MR) is 126 cm³/mol. The first kappa shape index (κ1) is 23.0. The molecule has 3 fully saturated rings. The first-order chi connectivity index (χ1) is 15.6. The fourth-order valence-corrected chi connectivity index (χ4v) is 4.70. The zero-order valence-electron chi connectivity index (χ0n) is 19.5. The Labute approximate surface area is 191 Å². The number of unbranched alkanes of at least 4 members (excludes halogenated alkanes) is 1. The first-order valence-corrected chi connectivity index (χ1v) is 12.4. The largest absolute Gasteiger partial charge is 0.354 e. The zero-order valence-corrected chi connectivity index (χ0v) is 19.5. The van der Waals surface area contributed by atoms with Crippen molar-refractivity contribution in [3.63, 3.8) is 0 Å². The molecule has 0 aromatic carbocycles. The Morgan fingerprint density at radius 3 is 2.38 bits per heavy atom. The zero-order chi connectivity index (χ0) is 22.3. The van der Waals surface area contributed by atoms with Crippen LogP contribution in [-0.4, -0.2) is 103 Å². The Morgan fingerprint density at radius 1 is 1.03 bits per heavy atom. The molecule has 1 aromatic heterocycles. The van der Waals surface area contributed by atoms with Crippen molar-refractivity contribution in [2.75, 3.05) is 70.3 Å². The van der Waals surface area contributed by atoms with Crippen LogP contribution in [0.4, 0.5) is 5.82 Å². The molecule has 0 bridgehead atoms. The highest BCUT2D eigenvalue weighted by atomic mass is 16.2. The molecule has 0 atom stereocenters. The minimum absolute atomic E-state index is 0.0608. The molecule has 0 unspecified atom stereocenters. The Hall–Kier alpha value is -2.19. The maximum Gasteiger partial charge on any atom is 0.252 e. The second-order valence-electron chi connectivity index (χ2n) is 9.28. The molecule has 0 spiro atoms. The Balaban J connectivity index is 1.18. The molecule has 3 aliphatic rings. The van der Waals surface area contributed by atoms with Crippen molar-refractivity contribution in [3.05, 3.63) is 23.9 Å². The molecule has 0 radical (unpaired) electrons. The molecule has 32 heavy (non-hydrogen) atoms. The number of nitrogens with one attached hydrogen (secondary N) is 1. The number of nitrogens with zero attached hydrogens (tertiary/aromatic N) is 5. The number of amides is 2. The minimum atomic E-state index is -0.0608. The normalized spacial score (nSPS) is 20.8. The third-order valence-electron chi connectivity index (χ3n) is 7.14. The van der Waals surface area contributed by atoms with Crippen molar-refractivity contribution in [2.45, 2.75) is 45.1 Å². The second kappa shape index (κ2) is 11.1. The van der Waals surface area contributed by atoms with Gasteiger partial charge in [0, 0.05) is 71.1 Å². The van der Waals surface area contributed by atoms with Crippen LogP contribution >= 0.6 is 0 Å². The van der Waals surface area contributed by atoms with E-state index in [2.05, 4.69) is 31.9 Å². The molecule has 3 heterocycles. The van der Waals surface area contributed by atoms with E-state index < -0.39 is 0 Å². The molecule has 8 heteroatoms. The SMILES string of the molecule is CCCCNC(=O)c1ccc(N2CCN(CC(=O)N3CCN(C4CCC4)CC3)CC2)nc1. The van der Waals surface area contributed by atoms with Gasteiger partial charge < -0.3 is 15.1 Å². The average molecular weight is 443 g/mol. The van der Waals surface area contributed by atoms with Crippen molar-refractivity contribution in [2.24, 2.45) is 0 Å². The number of hydrogen-bond acceptors (Lipinski definition) is 6. The summed E-state index contributed by atoms with van der Waals surface area (Å²) in [5.74, 6) is 1.10. The van der Waals surface area contributed by atoms with Crippen LogP contribution in [-0.2, 0) is 4.79 Å². The van der Waals surface area contributed by atoms with Gasteiger partial charge in [-0.15, -0.1) is 0 Å². The lowest BCUT2D eigenvalue weighted by molar-refractivity contribution is -0.134. The molecule has 1 N–H and O–H groups in total. The topological polar surface area (TPSA) is 72.0 Å². The van der Waals surface area contributed by atoms with E-state index in [9.17, 15) is 9.59 Å². The summed E-state index contributed by atoms with van der Waals surface area (Å²) < 4.78 is 0. The van der Waals surface area contributed by atoms with Crippen molar-refractivity contribution >= 4 is 17.6 Å². The van der Waals surface area contributed by atoms with Gasteiger partial charge in [0.25, 0.3) is 5.91 Å². The molecule has 8 nitrogen and oxygen atoms in total. The molecule has 1 aromatic rings. The van der Waals surface area contributed by atoms with Gasteiger partial charge in [0.15, 0.2) is 0 Å². The number of carbonyl (C=O) groups excluding carboxylic acids is 2. The maximum atomic E-state index is 12.8. The summed E-state index contributed by atoms with van der Waals surface area (Å²) in [7, 11) is 0. The van der Waals surface area contributed by atoms with Gasteiger partial charge in [0.2, 0.25) is 5.91 Å². The van der Waals surface area contributed by atoms with Crippen molar-refractivity contribution in [1.29, 1.82) is 0 Å². The van der Waals surface area contributed by atoms with E-state index in [1.54, 1.807) is 6.20 Å². The minimum Gasteiger partial charge on any atom is -0.354 e. The summed E-state index contributed by atoms with van der Waals surface area (Å²) in [6.07, 6.45) is 7.75. The number of aromatic nitrogens is 1. The Kier molecular flexibility index (Phi) is 7.97. The number of anilines is 1. The van der Waals surface area contributed by atoms with Gasteiger partial charge in [-0.25, -0.2) is 4.98 Å². The molecule has 2 aliphatic heterocycles. The van der Waals surface area contributed by atoms with E-state index in [0.717, 1.165) is 77.1 Å². The van der Waals surface area contributed by atoms with Gasteiger partial charge in [-0.2, -0.15) is 0 Å². The van der Waals surface area contributed by atoms with Gasteiger partial charge >= 0.3 is 0 Å². The van der Waals surface area contributed by atoms with Gasteiger partial charge in [0.05, 0.1) is 12.1 Å². The summed E-state index contributed by atoms with van der Waals surface area (Å²) in [6.45, 7) is 10.5. The molecule has 176 valence electrons. The second-order valence-corrected chi connectivity index (χ2v) is 9.28. The van der Waals surface area contributed by atoms with Crippen LogP contribution in [0.3, 0.4) is 0 Å². The summed E-state index contributed by atoms with van der Waals surface area (Å²) in [5.41, 5.74) is 0.603. The molecule has 1 saturated carbocycles. The van der Waals surface area contributed by atoms with E-state index in [-0.39, 0.29) is 11.8 Å². The van der Waals surface area contributed by atoms with Crippen molar-refractivity contribution in [3.8, 4) is 0 Å². The van der Waals surface area contributed by atoms with Crippen LogP contribution in [0.2, 0.25) is 0 Å². The summed E-state index contributed by atoms with van der Waals surface area (Å²) in [6, 6.07) is 4.55. The lowest BCUT2D eigenvalue weighted by Crippen LogP contribution is -2.56. The number of hydrogen-bond donors (Lipinski definition) is 1. The van der Waals surface area contributed by atoms with Crippen LogP contribution in [0.1, 0.15) is 49.4 Å². The lowest BCUT2D eigenvalue weighted by atomic mass is 9.91.